The molecule has 0 aliphatic carbocycles. The van der Waals surface area contributed by atoms with E-state index in [1.54, 1.807) is 0 Å². The van der Waals surface area contributed by atoms with Gasteiger partial charge in [0.15, 0.2) is 0 Å². The smallest absolute Gasteiger partial charge is 0.0701 e. The zero-order valence-corrected chi connectivity index (χ0v) is 17.7. The van der Waals surface area contributed by atoms with Crippen molar-refractivity contribution in [2.75, 3.05) is 119 Å². The monoisotopic (exact) mass is 386 g/mol. The summed E-state index contributed by atoms with van der Waals surface area (Å²) in [5.74, 6) is 0. The van der Waals surface area contributed by atoms with Gasteiger partial charge in [-0.15, -0.1) is 0 Å². The second kappa shape index (κ2) is 14.7. The number of ether oxygens (including phenoxy) is 3. The average molecular weight is 387 g/mol. The van der Waals surface area contributed by atoms with Gasteiger partial charge in [0.05, 0.1) is 39.6 Å². The van der Waals surface area contributed by atoms with Crippen LogP contribution in [-0.4, -0.2) is 139 Å². The lowest BCUT2D eigenvalue weighted by molar-refractivity contribution is 0.0310. The third-order valence-electron chi connectivity index (χ3n) is 5.50. The molecule has 2 aliphatic heterocycles. The van der Waals surface area contributed by atoms with Crippen LogP contribution in [0.2, 0.25) is 0 Å². The Bertz CT molecular complexity index is 330. The topological polar surface area (TPSA) is 40.7 Å². The molecule has 0 saturated carbocycles. The average Bonchev–Trinajstić information content (AvgIpc) is 2.67. The molecule has 0 amide bonds. The quantitative estimate of drug-likeness (QED) is 0.555. The van der Waals surface area contributed by atoms with Gasteiger partial charge in [0.25, 0.3) is 0 Å². The Balaban J connectivity index is 1.94. The van der Waals surface area contributed by atoms with Gasteiger partial charge >= 0.3 is 0 Å². The van der Waals surface area contributed by atoms with Crippen molar-refractivity contribution >= 4 is 0 Å². The summed E-state index contributed by atoms with van der Waals surface area (Å²) in [6.45, 7) is 15.1. The van der Waals surface area contributed by atoms with Gasteiger partial charge in [-0.1, -0.05) is 0 Å². The van der Waals surface area contributed by atoms with Crippen LogP contribution in [-0.2, 0) is 14.2 Å². The van der Waals surface area contributed by atoms with Crippen molar-refractivity contribution in [3.05, 3.63) is 0 Å². The van der Waals surface area contributed by atoms with Crippen LogP contribution >= 0.6 is 0 Å². The van der Waals surface area contributed by atoms with Crippen molar-refractivity contribution in [3.8, 4) is 0 Å². The maximum Gasteiger partial charge on any atom is 0.0701 e. The first-order valence-electron chi connectivity index (χ1n) is 10.8. The van der Waals surface area contributed by atoms with E-state index >= 15 is 0 Å². The summed E-state index contributed by atoms with van der Waals surface area (Å²) in [6, 6.07) is 0. The second-order valence-electron chi connectivity index (χ2n) is 7.83. The lowest BCUT2D eigenvalue weighted by Gasteiger charge is -2.25. The molecule has 0 radical (unpaired) electrons. The van der Waals surface area contributed by atoms with Crippen LogP contribution in [0.1, 0.15) is 12.8 Å². The number of likely N-dealkylation sites (N-methyl/N-ethyl adjacent to an activating group) is 2. The Hall–Kier alpha value is -0.280. The molecule has 2 heterocycles. The van der Waals surface area contributed by atoms with Gasteiger partial charge in [0.2, 0.25) is 0 Å². The largest absolute Gasteiger partial charge is 0.379 e. The molecule has 2 bridgehead atoms. The molecule has 0 aromatic carbocycles. The fourth-order valence-electron chi connectivity index (χ4n) is 3.48. The summed E-state index contributed by atoms with van der Waals surface area (Å²) in [6.07, 6.45) is 2.54. The van der Waals surface area contributed by atoms with E-state index in [2.05, 4.69) is 33.7 Å². The van der Waals surface area contributed by atoms with Gasteiger partial charge in [-0.05, 0) is 40.0 Å². The predicted octanol–water partition coefficient (Wildman–Crippen LogP) is 0.311. The molecule has 0 aromatic heterocycles. The van der Waals surface area contributed by atoms with Gasteiger partial charge in [-0.3, -0.25) is 9.80 Å². The molecule has 27 heavy (non-hydrogen) atoms. The number of fused-ring (bicyclic) bond motifs is 6. The molecule has 0 aromatic rings. The fourth-order valence-corrected chi connectivity index (χ4v) is 3.48. The molecular formula is C20H42N4O3. The Labute approximate surface area is 166 Å². The number of nitrogens with zero attached hydrogens (tertiary/aromatic N) is 4. The maximum atomic E-state index is 5.96. The summed E-state index contributed by atoms with van der Waals surface area (Å²) in [4.78, 5) is 9.86. The highest BCUT2D eigenvalue weighted by atomic mass is 16.5. The van der Waals surface area contributed by atoms with Crippen LogP contribution in [0.4, 0.5) is 0 Å². The normalized spacial score (nSPS) is 30.9. The van der Waals surface area contributed by atoms with Crippen molar-refractivity contribution < 1.29 is 14.2 Å². The molecule has 160 valence electrons. The van der Waals surface area contributed by atoms with Crippen LogP contribution in [0.3, 0.4) is 0 Å². The summed E-state index contributed by atoms with van der Waals surface area (Å²) < 4.78 is 17.5. The maximum absolute atomic E-state index is 5.96. The van der Waals surface area contributed by atoms with Crippen LogP contribution in [0, 0.1) is 0 Å². The van der Waals surface area contributed by atoms with E-state index in [0.29, 0.717) is 13.2 Å². The van der Waals surface area contributed by atoms with E-state index in [-0.39, 0.29) is 0 Å². The highest BCUT2D eigenvalue weighted by Crippen LogP contribution is 2.00. The summed E-state index contributed by atoms with van der Waals surface area (Å²) in [5.41, 5.74) is 0. The van der Waals surface area contributed by atoms with E-state index in [9.17, 15) is 0 Å². The Morgan fingerprint density at radius 1 is 0.407 bits per heavy atom. The van der Waals surface area contributed by atoms with Crippen molar-refractivity contribution in [3.63, 3.8) is 0 Å². The second-order valence-corrected chi connectivity index (χ2v) is 7.83. The molecule has 0 N–H and O–H groups in total. The Morgan fingerprint density at radius 3 is 1.19 bits per heavy atom. The first-order valence-corrected chi connectivity index (χ1v) is 10.8. The van der Waals surface area contributed by atoms with E-state index in [0.717, 1.165) is 78.8 Å². The zero-order valence-electron chi connectivity index (χ0n) is 17.7. The lowest BCUT2D eigenvalue weighted by atomic mass is 10.2. The van der Waals surface area contributed by atoms with E-state index < -0.39 is 0 Å². The predicted molar refractivity (Wildman–Crippen MR) is 110 cm³/mol. The summed E-state index contributed by atoms with van der Waals surface area (Å²) in [5, 5.41) is 0. The van der Waals surface area contributed by atoms with E-state index in [4.69, 9.17) is 14.2 Å². The van der Waals surface area contributed by atoms with Gasteiger partial charge in [0.1, 0.15) is 0 Å². The molecule has 2 aliphatic rings. The number of hydrogen-bond donors (Lipinski definition) is 0. The molecular weight excluding hydrogens is 344 g/mol. The first kappa shape index (κ1) is 23.0. The van der Waals surface area contributed by atoms with Gasteiger partial charge in [-0.2, -0.15) is 0 Å². The Morgan fingerprint density at radius 2 is 0.778 bits per heavy atom. The van der Waals surface area contributed by atoms with Crippen molar-refractivity contribution in [1.29, 1.82) is 0 Å². The van der Waals surface area contributed by atoms with Crippen LogP contribution in [0.25, 0.3) is 0 Å². The molecule has 2 atom stereocenters. The minimum Gasteiger partial charge on any atom is -0.379 e. The highest BCUT2D eigenvalue weighted by Gasteiger charge is 2.11. The minimum absolute atomic E-state index is 0.687. The van der Waals surface area contributed by atoms with Crippen molar-refractivity contribution in [2.24, 2.45) is 0 Å². The van der Waals surface area contributed by atoms with Crippen molar-refractivity contribution in [2.45, 2.75) is 12.8 Å². The van der Waals surface area contributed by atoms with Crippen LogP contribution in [0.15, 0.2) is 0 Å². The SMILES string of the molecule is CN1CCCCN(C)CCN2CCOCCOCCN(CCOCC2)CC1. The highest BCUT2D eigenvalue weighted by molar-refractivity contribution is 4.65. The van der Waals surface area contributed by atoms with Crippen LogP contribution < -0.4 is 0 Å². The van der Waals surface area contributed by atoms with Gasteiger partial charge in [-0.25, -0.2) is 0 Å². The summed E-state index contributed by atoms with van der Waals surface area (Å²) in [7, 11) is 4.48. The fraction of sp³-hybridized carbons (Fsp3) is 1.00. The van der Waals surface area contributed by atoms with Gasteiger partial charge in [0, 0.05) is 52.4 Å². The Kier molecular flexibility index (Phi) is 12.5. The molecule has 2 rings (SSSR count). The molecule has 7 nitrogen and oxygen atoms in total. The minimum atomic E-state index is 0.687. The third kappa shape index (κ3) is 11.3. The zero-order chi connectivity index (χ0) is 19.2. The van der Waals surface area contributed by atoms with Crippen molar-refractivity contribution in [1.82, 2.24) is 19.6 Å². The van der Waals surface area contributed by atoms with E-state index in [1.807, 2.05) is 0 Å². The molecule has 2 saturated heterocycles. The van der Waals surface area contributed by atoms with E-state index in [1.165, 1.54) is 25.9 Å². The van der Waals surface area contributed by atoms with Gasteiger partial charge < -0.3 is 24.0 Å². The standard InChI is InChI=1S/C20H42N4O3/c1-21-5-3-4-6-22(2)8-10-24-12-16-25-15-11-23(9-7-21)13-17-26-19-20-27-18-14-24/h3-20H2,1-2H3. The number of rotatable bonds is 0. The molecule has 2 unspecified atom stereocenters. The van der Waals surface area contributed by atoms with Crippen LogP contribution in [0.5, 0.6) is 0 Å². The first-order chi connectivity index (χ1) is 13.2. The third-order valence-corrected chi connectivity index (χ3v) is 5.50. The number of hydrogen-bond acceptors (Lipinski definition) is 7. The lowest BCUT2D eigenvalue weighted by Crippen LogP contribution is -2.38. The molecule has 7 heteroatoms. The molecule has 2 fully saturated rings. The molecule has 0 spiro atoms. The summed E-state index contributed by atoms with van der Waals surface area (Å²) >= 11 is 0.